The van der Waals surface area contributed by atoms with Crippen LogP contribution < -0.4 is 9.47 Å². The molecule has 210 valence electrons. The molecule has 8 nitrogen and oxygen atoms in total. The van der Waals surface area contributed by atoms with Crippen LogP contribution in [0.25, 0.3) is 0 Å². The van der Waals surface area contributed by atoms with E-state index in [1.54, 1.807) is 48.5 Å². The summed E-state index contributed by atoms with van der Waals surface area (Å²) in [5.74, 6) is -4.99. The number of fused-ring (bicyclic) bond motifs is 3. The van der Waals surface area contributed by atoms with Crippen molar-refractivity contribution in [3.05, 3.63) is 59.7 Å². The fourth-order valence-corrected chi connectivity index (χ4v) is 6.79. The third-order valence-electron chi connectivity index (χ3n) is 8.78. The van der Waals surface area contributed by atoms with Crippen molar-refractivity contribution in [3.63, 3.8) is 0 Å². The molecule has 3 aliphatic heterocycles. The van der Waals surface area contributed by atoms with Crippen molar-refractivity contribution in [2.75, 3.05) is 13.2 Å². The normalized spacial score (nSPS) is 31.0. The van der Waals surface area contributed by atoms with Gasteiger partial charge in [-0.3, -0.25) is 9.59 Å². The smallest absolute Gasteiger partial charge is 0.356 e. The van der Waals surface area contributed by atoms with Crippen molar-refractivity contribution in [2.24, 2.45) is 11.8 Å². The number of benzene rings is 2. The van der Waals surface area contributed by atoms with E-state index in [-0.39, 0.29) is 35.8 Å². The Morgan fingerprint density at radius 2 is 0.850 bits per heavy atom. The number of ether oxygens (including phenoxy) is 4. The molecule has 4 atom stereocenters. The second kappa shape index (κ2) is 10.7. The average Bonchev–Trinajstić information content (AvgIpc) is 2.96. The van der Waals surface area contributed by atoms with E-state index < -0.39 is 46.5 Å². The van der Waals surface area contributed by atoms with Gasteiger partial charge in [-0.1, -0.05) is 75.6 Å². The molecule has 6 rings (SSSR count). The highest BCUT2D eigenvalue weighted by Crippen LogP contribution is 2.64. The number of hydrogen-bond donors (Lipinski definition) is 0. The SMILES string of the molecule is O=C1c2ccccc2O[C@@]23C(=O)OCCCCCCCCCCCCOC(=O)[C@]24Oc2ccccc2C(=O)[C@@H]4[C@@H]13. The maximum absolute atomic E-state index is 14.1. The Hall–Kier alpha value is -3.68. The Balaban J connectivity index is 1.45. The summed E-state index contributed by atoms with van der Waals surface area (Å²) < 4.78 is 24.2. The van der Waals surface area contributed by atoms with Crippen molar-refractivity contribution in [1.82, 2.24) is 0 Å². The van der Waals surface area contributed by atoms with Gasteiger partial charge in [0, 0.05) is 0 Å². The van der Waals surface area contributed by atoms with E-state index in [0.717, 1.165) is 38.5 Å². The lowest BCUT2D eigenvalue weighted by molar-refractivity contribution is -0.261. The Morgan fingerprint density at radius 3 is 1.25 bits per heavy atom. The van der Waals surface area contributed by atoms with Crippen LogP contribution in [-0.2, 0) is 19.1 Å². The third kappa shape index (κ3) is 3.94. The topological polar surface area (TPSA) is 105 Å². The molecule has 2 spiro atoms. The maximum atomic E-state index is 14.1. The van der Waals surface area contributed by atoms with E-state index in [0.29, 0.717) is 12.8 Å². The number of cyclic esters (lactones) is 2. The highest BCUT2D eigenvalue weighted by Gasteiger charge is 2.90. The second-order valence-electron chi connectivity index (χ2n) is 11.2. The van der Waals surface area contributed by atoms with E-state index in [1.807, 2.05) is 0 Å². The number of hydrogen-bond acceptors (Lipinski definition) is 8. The highest BCUT2D eigenvalue weighted by molar-refractivity contribution is 6.19. The van der Waals surface area contributed by atoms with Crippen molar-refractivity contribution in [1.29, 1.82) is 0 Å². The highest BCUT2D eigenvalue weighted by atomic mass is 16.6. The molecule has 1 saturated carbocycles. The van der Waals surface area contributed by atoms with E-state index in [2.05, 4.69) is 0 Å². The predicted molar refractivity (Wildman–Crippen MR) is 143 cm³/mol. The maximum Gasteiger partial charge on any atom is 0.356 e. The molecule has 2 aromatic carbocycles. The Bertz CT molecular complexity index is 1230. The van der Waals surface area contributed by atoms with Gasteiger partial charge in [0.1, 0.15) is 11.5 Å². The van der Waals surface area contributed by atoms with Gasteiger partial charge in [-0.25, -0.2) is 9.59 Å². The number of rotatable bonds is 0. The summed E-state index contributed by atoms with van der Waals surface area (Å²) in [5, 5.41) is 0. The number of Topliss-reactive ketones (excluding diaryl/α,β-unsaturated/α-hetero) is 2. The first kappa shape index (κ1) is 26.5. The molecular weight excluding hydrogens is 512 g/mol. The lowest BCUT2D eigenvalue weighted by Crippen LogP contribution is -2.90. The molecule has 2 aromatic rings. The van der Waals surface area contributed by atoms with Crippen molar-refractivity contribution in [2.45, 2.75) is 75.4 Å². The number of para-hydroxylation sites is 2. The van der Waals surface area contributed by atoms with Gasteiger partial charge in [-0.2, -0.15) is 0 Å². The minimum atomic E-state index is -2.20. The molecule has 8 heteroatoms. The molecule has 40 heavy (non-hydrogen) atoms. The van der Waals surface area contributed by atoms with Gasteiger partial charge in [0.05, 0.1) is 36.2 Å². The minimum absolute atomic E-state index is 0.104. The van der Waals surface area contributed by atoms with Gasteiger partial charge in [-0.05, 0) is 37.1 Å². The molecular formula is C32H34O8. The lowest BCUT2D eigenvalue weighted by atomic mass is 9.45. The number of carbonyl (C=O) groups is 4. The summed E-state index contributed by atoms with van der Waals surface area (Å²) in [5.41, 5.74) is -3.90. The van der Waals surface area contributed by atoms with Crippen molar-refractivity contribution in [3.8, 4) is 11.5 Å². The van der Waals surface area contributed by atoms with Crippen LogP contribution in [0.3, 0.4) is 0 Å². The zero-order valence-corrected chi connectivity index (χ0v) is 22.5. The molecule has 1 aliphatic carbocycles. The number of ketones is 2. The monoisotopic (exact) mass is 546 g/mol. The van der Waals surface area contributed by atoms with Crippen LogP contribution in [-0.4, -0.2) is 47.9 Å². The minimum Gasteiger partial charge on any atom is -0.469 e. The molecule has 1 saturated heterocycles. The van der Waals surface area contributed by atoms with Crippen LogP contribution in [0.4, 0.5) is 0 Å². The first-order valence-corrected chi connectivity index (χ1v) is 14.5. The standard InChI is InChI=1S/C32H34O8/c33-27-21-15-9-11-17-23(21)39-31-25(27)26-28(34)22-16-10-12-18-24(22)40-32(26,31)30(36)38-20-14-8-6-4-2-1-3-5-7-13-19-37-29(31)35/h9-12,15-18,25-26H,1-8,13-14,19-20H2/t25-,26-,31-,32-/m0/s1. The molecule has 0 aromatic heterocycles. The molecule has 0 radical (unpaired) electrons. The Morgan fingerprint density at radius 1 is 0.500 bits per heavy atom. The van der Waals surface area contributed by atoms with E-state index in [9.17, 15) is 19.2 Å². The van der Waals surface area contributed by atoms with Gasteiger partial charge in [0.25, 0.3) is 11.2 Å². The quantitative estimate of drug-likeness (QED) is 0.412. The second-order valence-corrected chi connectivity index (χ2v) is 11.2. The van der Waals surface area contributed by atoms with Gasteiger partial charge < -0.3 is 18.9 Å². The van der Waals surface area contributed by atoms with E-state index in [1.165, 1.54) is 12.8 Å². The number of carbonyl (C=O) groups excluding carboxylic acids is 4. The summed E-state index contributed by atoms with van der Waals surface area (Å²) in [6.45, 7) is 0.208. The molecule has 2 fully saturated rings. The molecule has 3 heterocycles. The van der Waals surface area contributed by atoms with E-state index in [4.69, 9.17) is 18.9 Å². The number of esters is 2. The molecule has 0 unspecified atom stereocenters. The molecule has 0 amide bonds. The van der Waals surface area contributed by atoms with Crippen LogP contribution in [0.1, 0.15) is 84.9 Å². The first-order valence-electron chi connectivity index (χ1n) is 14.5. The van der Waals surface area contributed by atoms with Crippen molar-refractivity contribution >= 4 is 23.5 Å². The zero-order valence-electron chi connectivity index (χ0n) is 22.5. The van der Waals surface area contributed by atoms with Gasteiger partial charge in [0.15, 0.2) is 11.6 Å². The van der Waals surface area contributed by atoms with Crippen LogP contribution in [0.2, 0.25) is 0 Å². The fraction of sp³-hybridized carbons (Fsp3) is 0.500. The summed E-state index contributed by atoms with van der Waals surface area (Å²) in [6, 6.07) is 13.1. The van der Waals surface area contributed by atoms with Crippen LogP contribution in [0.15, 0.2) is 48.5 Å². The van der Waals surface area contributed by atoms with Crippen LogP contribution in [0.5, 0.6) is 11.5 Å². The Kier molecular flexibility index (Phi) is 7.11. The summed E-state index contributed by atoms with van der Waals surface area (Å²) in [4.78, 5) is 56.1. The lowest BCUT2D eigenvalue weighted by Gasteiger charge is -2.64. The Labute approximate surface area is 233 Å². The van der Waals surface area contributed by atoms with Crippen molar-refractivity contribution < 1.29 is 38.1 Å². The molecule has 4 aliphatic rings. The van der Waals surface area contributed by atoms with Gasteiger partial charge in [-0.15, -0.1) is 0 Å². The van der Waals surface area contributed by atoms with E-state index >= 15 is 0 Å². The average molecular weight is 547 g/mol. The molecule has 0 bridgehead atoms. The third-order valence-corrected chi connectivity index (χ3v) is 8.78. The molecule has 0 N–H and O–H groups in total. The summed E-state index contributed by atoms with van der Waals surface area (Å²) >= 11 is 0. The fourth-order valence-electron chi connectivity index (χ4n) is 6.79. The van der Waals surface area contributed by atoms with Gasteiger partial charge >= 0.3 is 11.9 Å². The van der Waals surface area contributed by atoms with Gasteiger partial charge in [0.2, 0.25) is 0 Å². The van der Waals surface area contributed by atoms with Crippen LogP contribution >= 0.6 is 0 Å². The zero-order chi connectivity index (χ0) is 27.7. The predicted octanol–water partition coefficient (Wildman–Crippen LogP) is 5.26. The van der Waals surface area contributed by atoms with Crippen LogP contribution in [0, 0.1) is 11.8 Å². The summed E-state index contributed by atoms with van der Waals surface area (Å²) in [7, 11) is 0. The summed E-state index contributed by atoms with van der Waals surface area (Å²) in [6.07, 6.45) is 9.76. The first-order chi connectivity index (χ1) is 19.5. The largest absolute Gasteiger partial charge is 0.469 e.